The Morgan fingerprint density at radius 3 is 2.00 bits per heavy atom. The third kappa shape index (κ3) is 3.06. The second-order valence-corrected chi connectivity index (χ2v) is 7.52. The highest BCUT2D eigenvalue weighted by molar-refractivity contribution is 7.92. The summed E-state index contributed by atoms with van der Waals surface area (Å²) >= 11 is 0. The van der Waals surface area contributed by atoms with Crippen molar-refractivity contribution in [1.82, 2.24) is 0 Å². The molecule has 0 fully saturated rings. The highest BCUT2D eigenvalue weighted by Gasteiger charge is 2.52. The number of allylic oxidation sites excluding steroid dienone is 2. The Morgan fingerprint density at radius 1 is 1.08 bits per heavy atom. The summed E-state index contributed by atoms with van der Waals surface area (Å²) in [6.07, 6.45) is -4.40. The van der Waals surface area contributed by atoms with E-state index in [0.29, 0.717) is 6.42 Å². The second kappa shape index (κ2) is 6.38. The van der Waals surface area contributed by atoms with Gasteiger partial charge in [0.2, 0.25) is 0 Å². The molecular formula is C17H13F3N2O2S. The van der Waals surface area contributed by atoms with Crippen LogP contribution in [-0.2, 0) is 16.3 Å². The van der Waals surface area contributed by atoms with E-state index in [0.717, 1.165) is 12.5 Å². The van der Waals surface area contributed by atoms with Gasteiger partial charge in [0.15, 0.2) is 9.84 Å². The number of hydrogen-bond donors (Lipinski definition) is 0. The molecule has 0 bridgehead atoms. The van der Waals surface area contributed by atoms with Crippen LogP contribution < -0.4 is 0 Å². The summed E-state index contributed by atoms with van der Waals surface area (Å²) in [6.45, 7) is 2.99. The lowest BCUT2D eigenvalue weighted by Crippen LogP contribution is -2.31. The van der Waals surface area contributed by atoms with E-state index < -0.39 is 38.0 Å². The second-order valence-electron chi connectivity index (χ2n) is 5.49. The van der Waals surface area contributed by atoms with E-state index in [1.54, 1.807) is 0 Å². The smallest absolute Gasteiger partial charge is 0.223 e. The van der Waals surface area contributed by atoms with Crippen LogP contribution in [0.2, 0.25) is 0 Å². The van der Waals surface area contributed by atoms with Crippen LogP contribution in [-0.4, -0.2) is 19.8 Å². The van der Waals surface area contributed by atoms with Crippen LogP contribution in [0.15, 0.2) is 51.5 Å². The molecule has 1 aliphatic carbocycles. The molecule has 0 spiro atoms. The molecule has 0 aromatic heterocycles. The summed E-state index contributed by atoms with van der Waals surface area (Å²) in [5, 5.41) is 16.0. The Hall–Kier alpha value is -2.58. The molecule has 1 atom stereocenters. The molecule has 4 nitrogen and oxygen atoms in total. The Bertz CT molecular complexity index is 957. The van der Waals surface area contributed by atoms with Crippen LogP contribution in [0.4, 0.5) is 13.2 Å². The molecule has 0 radical (unpaired) electrons. The van der Waals surface area contributed by atoms with E-state index in [4.69, 9.17) is 10.5 Å². The highest BCUT2D eigenvalue weighted by atomic mass is 32.2. The van der Waals surface area contributed by atoms with Gasteiger partial charge < -0.3 is 0 Å². The molecule has 25 heavy (non-hydrogen) atoms. The van der Waals surface area contributed by atoms with Crippen molar-refractivity contribution in [2.75, 3.05) is 0 Å². The lowest BCUT2D eigenvalue weighted by Gasteiger charge is -2.20. The Balaban J connectivity index is 2.74. The third-order valence-corrected chi connectivity index (χ3v) is 6.21. The van der Waals surface area contributed by atoms with Crippen LogP contribution in [0.3, 0.4) is 0 Å². The first-order chi connectivity index (χ1) is 11.6. The molecule has 1 aliphatic rings. The molecule has 1 aromatic carbocycles. The van der Waals surface area contributed by atoms with E-state index in [2.05, 4.69) is 0 Å². The van der Waals surface area contributed by atoms with Gasteiger partial charge in [-0.1, -0.05) is 19.1 Å². The maximum atomic E-state index is 13.5. The fraction of sp³-hybridized carbons (Fsp3) is 0.294. The van der Waals surface area contributed by atoms with Crippen molar-refractivity contribution in [3.63, 3.8) is 0 Å². The molecule has 0 saturated heterocycles. The number of nitrogens with zero attached hydrogens (tertiary/aromatic N) is 2. The molecule has 0 heterocycles. The zero-order valence-electron chi connectivity index (χ0n) is 13.3. The van der Waals surface area contributed by atoms with Crippen molar-refractivity contribution in [1.29, 1.82) is 10.5 Å². The summed E-state index contributed by atoms with van der Waals surface area (Å²) in [6, 6.07) is 8.39. The maximum absolute atomic E-state index is 13.5. The van der Waals surface area contributed by atoms with Gasteiger partial charge in [0.25, 0.3) is 0 Å². The number of benzene rings is 1. The molecule has 1 unspecified atom stereocenters. The maximum Gasteiger partial charge on any atom is 0.415 e. The molecule has 130 valence electrons. The van der Waals surface area contributed by atoms with E-state index in [1.165, 1.54) is 36.4 Å². The third-order valence-electron chi connectivity index (χ3n) is 4.07. The van der Waals surface area contributed by atoms with Crippen molar-refractivity contribution < 1.29 is 21.6 Å². The van der Waals surface area contributed by atoms with Crippen LogP contribution in [0, 0.1) is 22.7 Å². The number of rotatable bonds is 3. The minimum atomic E-state index is -5.05. The molecule has 2 rings (SSSR count). The zero-order valence-corrected chi connectivity index (χ0v) is 14.2. The molecule has 0 amide bonds. The van der Waals surface area contributed by atoms with E-state index in [-0.39, 0.29) is 10.5 Å². The van der Waals surface area contributed by atoms with Gasteiger partial charge in [0.1, 0.15) is 17.4 Å². The van der Waals surface area contributed by atoms with Gasteiger partial charge in [-0.05, 0) is 36.6 Å². The lowest BCUT2D eigenvalue weighted by molar-refractivity contribution is -0.0928. The fourth-order valence-corrected chi connectivity index (χ4v) is 4.73. The van der Waals surface area contributed by atoms with E-state index in [1.807, 2.05) is 6.92 Å². The number of alkyl halides is 3. The van der Waals surface area contributed by atoms with Gasteiger partial charge in [-0.25, -0.2) is 8.42 Å². The number of hydrogen-bond acceptors (Lipinski definition) is 4. The zero-order chi connectivity index (χ0) is 19.0. The molecule has 0 N–H and O–H groups in total. The van der Waals surface area contributed by atoms with E-state index >= 15 is 0 Å². The topological polar surface area (TPSA) is 81.7 Å². The minimum absolute atomic E-state index is 0.285. The quantitative estimate of drug-likeness (QED) is 0.818. The Labute approximate surface area is 143 Å². The first-order valence-corrected chi connectivity index (χ1v) is 8.79. The van der Waals surface area contributed by atoms with Gasteiger partial charge in [-0.3, -0.25) is 0 Å². The highest BCUT2D eigenvalue weighted by Crippen LogP contribution is 2.46. The summed E-state index contributed by atoms with van der Waals surface area (Å²) < 4.78 is 66.1. The summed E-state index contributed by atoms with van der Waals surface area (Å²) in [7, 11) is -4.47. The summed E-state index contributed by atoms with van der Waals surface area (Å²) in [5.41, 5.74) is -2.41. The summed E-state index contributed by atoms with van der Waals surface area (Å²) in [5.74, 6) is 0. The predicted octanol–water partition coefficient (Wildman–Crippen LogP) is 3.63. The normalized spacial score (nSPS) is 18.3. The lowest BCUT2D eigenvalue weighted by atomic mass is 10.1. The minimum Gasteiger partial charge on any atom is -0.223 e. The van der Waals surface area contributed by atoms with Crippen molar-refractivity contribution in [2.45, 2.75) is 36.6 Å². The van der Waals surface area contributed by atoms with Gasteiger partial charge in [-0.15, -0.1) is 0 Å². The molecule has 0 aliphatic heterocycles. The Kier molecular flexibility index (Phi) is 4.79. The average molecular weight is 366 g/mol. The largest absolute Gasteiger partial charge is 0.415 e. The average Bonchev–Trinajstić information content (AvgIpc) is 2.87. The standard InChI is InChI=1S/C17H13F3N2O2S/c1-3-11-4-6-12(7-5-11)25(23,24)16-10(2)13(8-21)14(9-22)15(16)17(18,19)20/h4-7,16H,3H2,1-2H3. The van der Waals surface area contributed by atoms with Crippen molar-refractivity contribution in [3.8, 4) is 12.1 Å². The van der Waals surface area contributed by atoms with Crippen LogP contribution in [0.5, 0.6) is 0 Å². The molecule has 8 heteroatoms. The van der Waals surface area contributed by atoms with E-state index in [9.17, 15) is 21.6 Å². The number of sulfone groups is 1. The first-order valence-electron chi connectivity index (χ1n) is 7.25. The van der Waals surface area contributed by atoms with Crippen LogP contribution >= 0.6 is 0 Å². The van der Waals surface area contributed by atoms with Gasteiger partial charge in [0.05, 0.1) is 21.6 Å². The van der Waals surface area contributed by atoms with Crippen molar-refractivity contribution in [2.24, 2.45) is 0 Å². The monoisotopic (exact) mass is 366 g/mol. The number of halogens is 3. The number of aryl methyl sites for hydroxylation is 1. The predicted molar refractivity (Wildman–Crippen MR) is 83.8 cm³/mol. The number of nitriles is 2. The van der Waals surface area contributed by atoms with Gasteiger partial charge in [0, 0.05) is 0 Å². The van der Waals surface area contributed by atoms with Crippen molar-refractivity contribution in [3.05, 3.63) is 52.1 Å². The van der Waals surface area contributed by atoms with Crippen LogP contribution in [0.25, 0.3) is 0 Å². The summed E-state index contributed by atoms with van der Waals surface area (Å²) in [4.78, 5) is -0.285. The first kappa shape index (κ1) is 18.8. The van der Waals surface area contributed by atoms with Gasteiger partial charge in [-0.2, -0.15) is 23.7 Å². The van der Waals surface area contributed by atoms with Gasteiger partial charge >= 0.3 is 6.18 Å². The Morgan fingerprint density at radius 2 is 1.60 bits per heavy atom. The SMILES string of the molecule is CCc1ccc(S(=O)(=O)C2C(C)=C(C#N)C(C#N)=C2C(F)(F)F)cc1. The molecule has 1 aromatic rings. The fourth-order valence-electron chi connectivity index (χ4n) is 2.80. The van der Waals surface area contributed by atoms with Crippen LogP contribution in [0.1, 0.15) is 19.4 Å². The van der Waals surface area contributed by atoms with Crippen molar-refractivity contribution >= 4 is 9.84 Å². The molecular weight excluding hydrogens is 353 g/mol. The molecule has 0 saturated carbocycles.